The van der Waals surface area contributed by atoms with Crippen molar-refractivity contribution in [2.24, 2.45) is 0 Å². The van der Waals surface area contributed by atoms with E-state index in [4.69, 9.17) is 10.00 Å². The molecule has 0 bridgehead atoms. The van der Waals surface area contributed by atoms with Crippen LogP contribution in [-0.2, 0) is 6.54 Å². The van der Waals surface area contributed by atoms with E-state index in [0.29, 0.717) is 24.2 Å². The number of rotatable bonds is 6. The molecule has 25 heavy (non-hydrogen) atoms. The monoisotopic (exact) mass is 335 g/mol. The van der Waals surface area contributed by atoms with E-state index in [1.807, 2.05) is 37.3 Å². The Bertz CT molecular complexity index is 920. The number of aromatic nitrogens is 1. The van der Waals surface area contributed by atoms with Crippen LogP contribution in [0.3, 0.4) is 0 Å². The molecule has 1 unspecified atom stereocenters. The van der Waals surface area contributed by atoms with Crippen molar-refractivity contribution in [3.05, 3.63) is 66.1 Å². The summed E-state index contributed by atoms with van der Waals surface area (Å²) in [6.07, 6.45) is 1.85. The topological polar surface area (TPSA) is 57.9 Å². The van der Waals surface area contributed by atoms with Crippen LogP contribution < -0.4 is 10.1 Å². The van der Waals surface area contributed by atoms with Gasteiger partial charge in [-0.05, 0) is 42.3 Å². The summed E-state index contributed by atoms with van der Waals surface area (Å²) in [6.45, 7) is 2.49. The maximum Gasteiger partial charge on any atom is 0.184 e. The van der Waals surface area contributed by atoms with Gasteiger partial charge in [-0.3, -0.25) is 4.98 Å². The Balaban J connectivity index is 1.75. The van der Waals surface area contributed by atoms with Crippen LogP contribution in [0.2, 0.25) is 0 Å². The van der Waals surface area contributed by atoms with Gasteiger partial charge >= 0.3 is 0 Å². The summed E-state index contributed by atoms with van der Waals surface area (Å²) < 4.78 is 19.0. The molecule has 1 aromatic heterocycles. The molecular formula is C20H18FN3O. The highest BCUT2D eigenvalue weighted by Gasteiger charge is 2.07. The van der Waals surface area contributed by atoms with Crippen molar-refractivity contribution in [2.45, 2.75) is 26.0 Å². The van der Waals surface area contributed by atoms with Crippen molar-refractivity contribution in [1.82, 2.24) is 4.98 Å². The smallest absolute Gasteiger partial charge is 0.184 e. The molecule has 0 amide bonds. The number of halogens is 1. The second-order valence-electron chi connectivity index (χ2n) is 5.66. The van der Waals surface area contributed by atoms with Crippen LogP contribution in [-0.4, -0.2) is 11.1 Å². The van der Waals surface area contributed by atoms with Gasteiger partial charge in [-0.15, -0.1) is 0 Å². The zero-order valence-electron chi connectivity index (χ0n) is 13.9. The lowest BCUT2D eigenvalue weighted by Gasteiger charge is -2.13. The maximum absolute atomic E-state index is 13.3. The van der Waals surface area contributed by atoms with Crippen LogP contribution in [0, 0.1) is 17.1 Å². The molecule has 0 aliphatic carbocycles. The molecule has 0 aliphatic rings. The van der Waals surface area contributed by atoms with E-state index in [9.17, 15) is 4.39 Å². The largest absolute Gasteiger partial charge is 0.476 e. The molecule has 0 aliphatic heterocycles. The summed E-state index contributed by atoms with van der Waals surface area (Å²) in [4.78, 5) is 4.19. The van der Waals surface area contributed by atoms with Crippen molar-refractivity contribution < 1.29 is 9.13 Å². The number of fused-ring (bicyclic) bond motifs is 1. The van der Waals surface area contributed by atoms with E-state index in [0.717, 1.165) is 16.6 Å². The second kappa shape index (κ2) is 7.63. The molecule has 3 aromatic rings. The highest BCUT2D eigenvalue weighted by atomic mass is 19.1. The molecule has 1 atom stereocenters. The first kappa shape index (κ1) is 16.7. The predicted molar refractivity (Wildman–Crippen MR) is 95.8 cm³/mol. The van der Waals surface area contributed by atoms with Gasteiger partial charge in [-0.25, -0.2) is 4.39 Å². The van der Waals surface area contributed by atoms with Gasteiger partial charge < -0.3 is 10.1 Å². The molecule has 2 aromatic carbocycles. The molecule has 0 fully saturated rings. The van der Waals surface area contributed by atoms with E-state index >= 15 is 0 Å². The molecule has 0 spiro atoms. The number of ether oxygens (including phenoxy) is 1. The fourth-order valence-corrected chi connectivity index (χ4v) is 2.57. The Labute approximate surface area is 145 Å². The molecule has 126 valence electrons. The van der Waals surface area contributed by atoms with Gasteiger partial charge in [0.25, 0.3) is 0 Å². The number of benzene rings is 2. The van der Waals surface area contributed by atoms with Crippen molar-refractivity contribution in [3.8, 4) is 11.8 Å². The highest BCUT2D eigenvalue weighted by Crippen LogP contribution is 2.23. The number of nitrogens with one attached hydrogen (secondary N) is 1. The Morgan fingerprint density at radius 1 is 1.24 bits per heavy atom. The van der Waals surface area contributed by atoms with E-state index in [2.05, 4.69) is 16.4 Å². The Hall–Kier alpha value is -3.13. The second-order valence-corrected chi connectivity index (χ2v) is 5.66. The molecule has 0 saturated heterocycles. The summed E-state index contributed by atoms with van der Waals surface area (Å²) in [6, 6.07) is 16.2. The van der Waals surface area contributed by atoms with Gasteiger partial charge in [0, 0.05) is 29.9 Å². The predicted octanol–water partition coefficient (Wildman–Crippen LogP) is 4.67. The van der Waals surface area contributed by atoms with Crippen LogP contribution in [0.1, 0.15) is 18.9 Å². The number of pyridine rings is 1. The van der Waals surface area contributed by atoms with E-state index in [1.165, 1.54) is 12.1 Å². The Morgan fingerprint density at radius 3 is 2.92 bits per heavy atom. The van der Waals surface area contributed by atoms with Gasteiger partial charge in [0.1, 0.15) is 17.6 Å². The van der Waals surface area contributed by atoms with Crippen molar-refractivity contribution >= 4 is 16.6 Å². The van der Waals surface area contributed by atoms with Crippen LogP contribution in [0.5, 0.6) is 5.75 Å². The number of nitriles is 1. The standard InChI is InChI=1S/C20H18FN3O/c1-2-16(12-22)25-17-5-3-4-14(10-17)13-24-19-8-9-23-20-11-15(21)6-7-18(19)20/h3-11,16H,2,13H2,1H3,(H,23,24). The molecule has 1 N–H and O–H groups in total. The highest BCUT2D eigenvalue weighted by molar-refractivity contribution is 5.90. The third-order valence-electron chi connectivity index (χ3n) is 3.88. The molecule has 4 nitrogen and oxygen atoms in total. The summed E-state index contributed by atoms with van der Waals surface area (Å²) in [7, 11) is 0. The van der Waals surface area contributed by atoms with Crippen LogP contribution >= 0.6 is 0 Å². The summed E-state index contributed by atoms with van der Waals surface area (Å²) >= 11 is 0. The third-order valence-corrected chi connectivity index (χ3v) is 3.88. The minimum Gasteiger partial charge on any atom is -0.476 e. The minimum atomic E-state index is -0.442. The zero-order chi connectivity index (χ0) is 17.6. The first-order valence-corrected chi connectivity index (χ1v) is 8.13. The number of nitrogens with zero attached hydrogens (tertiary/aromatic N) is 2. The quantitative estimate of drug-likeness (QED) is 0.711. The van der Waals surface area contributed by atoms with Crippen molar-refractivity contribution in [3.63, 3.8) is 0 Å². The van der Waals surface area contributed by atoms with Gasteiger partial charge in [0.05, 0.1) is 5.52 Å². The molecule has 3 rings (SSSR count). The fourth-order valence-electron chi connectivity index (χ4n) is 2.57. The van der Waals surface area contributed by atoms with Crippen molar-refractivity contribution in [2.75, 3.05) is 5.32 Å². The Kier molecular flexibility index (Phi) is 5.10. The molecule has 0 radical (unpaired) electrons. The van der Waals surface area contributed by atoms with Gasteiger partial charge in [0.15, 0.2) is 6.10 Å². The van der Waals surface area contributed by atoms with Crippen molar-refractivity contribution in [1.29, 1.82) is 5.26 Å². The average Bonchev–Trinajstić information content (AvgIpc) is 2.64. The van der Waals surface area contributed by atoms with E-state index < -0.39 is 6.10 Å². The van der Waals surface area contributed by atoms with Gasteiger partial charge in [-0.1, -0.05) is 19.1 Å². The van der Waals surface area contributed by atoms with Crippen LogP contribution in [0.4, 0.5) is 10.1 Å². The lowest BCUT2D eigenvalue weighted by Crippen LogP contribution is -2.12. The first-order chi connectivity index (χ1) is 12.2. The van der Waals surface area contributed by atoms with Gasteiger partial charge in [-0.2, -0.15) is 5.26 Å². The van der Waals surface area contributed by atoms with Crippen LogP contribution in [0.25, 0.3) is 10.9 Å². The lowest BCUT2D eigenvalue weighted by molar-refractivity contribution is 0.251. The average molecular weight is 335 g/mol. The van der Waals surface area contributed by atoms with E-state index in [-0.39, 0.29) is 5.82 Å². The summed E-state index contributed by atoms with van der Waals surface area (Å²) in [5.41, 5.74) is 2.53. The molecular weight excluding hydrogens is 317 g/mol. The maximum atomic E-state index is 13.3. The summed E-state index contributed by atoms with van der Waals surface area (Å²) in [5.74, 6) is 0.374. The summed E-state index contributed by atoms with van der Waals surface area (Å²) in [5, 5.41) is 13.2. The molecule has 5 heteroatoms. The number of anilines is 1. The molecule has 1 heterocycles. The fraction of sp³-hybridized carbons (Fsp3) is 0.200. The SMILES string of the molecule is CCC(C#N)Oc1cccc(CNc2ccnc3cc(F)ccc23)c1. The third kappa shape index (κ3) is 4.04. The minimum absolute atomic E-state index is 0.301. The van der Waals surface area contributed by atoms with E-state index in [1.54, 1.807) is 12.3 Å². The van der Waals surface area contributed by atoms with Gasteiger partial charge in [0.2, 0.25) is 0 Å². The number of hydrogen-bond donors (Lipinski definition) is 1. The Morgan fingerprint density at radius 2 is 2.12 bits per heavy atom. The first-order valence-electron chi connectivity index (χ1n) is 8.13. The molecule has 0 saturated carbocycles. The van der Waals surface area contributed by atoms with Crippen LogP contribution in [0.15, 0.2) is 54.7 Å². The number of hydrogen-bond acceptors (Lipinski definition) is 4. The normalized spacial score (nSPS) is 11.7. The zero-order valence-corrected chi connectivity index (χ0v) is 13.9. The lowest BCUT2D eigenvalue weighted by atomic mass is 10.1.